The Bertz CT molecular complexity index is 1020. The van der Waals surface area contributed by atoms with Gasteiger partial charge in [-0.25, -0.2) is 4.79 Å². The minimum absolute atomic E-state index is 0.0574. The molecule has 0 bridgehead atoms. The number of carbonyl (C=O) groups is 2. The van der Waals surface area contributed by atoms with Gasteiger partial charge in [0.25, 0.3) is 5.91 Å². The third-order valence-electron chi connectivity index (χ3n) is 5.05. The molecule has 3 aromatic rings. The van der Waals surface area contributed by atoms with Crippen molar-refractivity contribution in [3.8, 4) is 17.1 Å². The molecule has 1 aliphatic heterocycles. The van der Waals surface area contributed by atoms with Crippen LogP contribution in [0.3, 0.4) is 0 Å². The van der Waals surface area contributed by atoms with Crippen LogP contribution in [0.1, 0.15) is 41.6 Å². The third-order valence-corrected chi connectivity index (χ3v) is 5.05. The largest absolute Gasteiger partial charge is 0.484 e. The van der Waals surface area contributed by atoms with Gasteiger partial charge in [0.05, 0.1) is 5.56 Å². The van der Waals surface area contributed by atoms with Gasteiger partial charge in [-0.05, 0) is 43.5 Å². The number of rotatable bonds is 6. The first-order valence-corrected chi connectivity index (χ1v) is 9.76. The number of nitrogens with zero attached hydrogens (tertiary/aromatic N) is 3. The predicted octanol–water partition coefficient (Wildman–Crippen LogP) is 3.57. The highest BCUT2D eigenvalue weighted by molar-refractivity contribution is 5.88. The van der Waals surface area contributed by atoms with Gasteiger partial charge in [-0.15, -0.1) is 0 Å². The molecule has 4 rings (SSSR count). The van der Waals surface area contributed by atoms with Crippen molar-refractivity contribution >= 4 is 11.9 Å². The highest BCUT2D eigenvalue weighted by Gasteiger charge is 2.32. The molecule has 1 atom stereocenters. The van der Waals surface area contributed by atoms with Gasteiger partial charge >= 0.3 is 5.97 Å². The van der Waals surface area contributed by atoms with Gasteiger partial charge in [-0.1, -0.05) is 35.5 Å². The molecule has 0 unspecified atom stereocenters. The maximum atomic E-state index is 12.8. The molecule has 1 N–H and O–H groups in total. The number of likely N-dealkylation sites (tertiary alicyclic amines) is 1. The lowest BCUT2D eigenvalue weighted by atomic mass is 10.0. The average Bonchev–Trinajstić information content (AvgIpc) is 3.28. The molecule has 154 valence electrons. The van der Waals surface area contributed by atoms with Gasteiger partial charge in [0.15, 0.2) is 6.61 Å². The van der Waals surface area contributed by atoms with Crippen molar-refractivity contribution in [3.63, 3.8) is 0 Å². The van der Waals surface area contributed by atoms with Crippen LogP contribution in [-0.4, -0.2) is 45.2 Å². The molecule has 30 heavy (non-hydrogen) atoms. The van der Waals surface area contributed by atoms with Gasteiger partial charge in [-0.3, -0.25) is 4.79 Å². The molecule has 1 aromatic heterocycles. The van der Waals surface area contributed by atoms with Crippen LogP contribution in [-0.2, 0) is 4.79 Å². The topological polar surface area (TPSA) is 106 Å². The molecule has 0 spiro atoms. The van der Waals surface area contributed by atoms with Gasteiger partial charge in [0.1, 0.15) is 11.8 Å². The molecular formula is C22H21N3O5. The van der Waals surface area contributed by atoms with E-state index in [0.29, 0.717) is 29.6 Å². The molecule has 8 nitrogen and oxygen atoms in total. The van der Waals surface area contributed by atoms with Gasteiger partial charge in [0, 0.05) is 12.1 Å². The second kappa shape index (κ2) is 8.77. The van der Waals surface area contributed by atoms with Crippen LogP contribution in [0.25, 0.3) is 11.4 Å². The first-order chi connectivity index (χ1) is 14.6. The number of carbonyl (C=O) groups excluding carboxylic acids is 1. The Labute approximate surface area is 173 Å². The van der Waals surface area contributed by atoms with Crippen LogP contribution >= 0.6 is 0 Å². The van der Waals surface area contributed by atoms with E-state index in [1.807, 2.05) is 18.2 Å². The van der Waals surface area contributed by atoms with E-state index in [0.717, 1.165) is 19.3 Å². The molecule has 0 aliphatic carbocycles. The Morgan fingerprint density at radius 2 is 1.87 bits per heavy atom. The van der Waals surface area contributed by atoms with Crippen molar-refractivity contribution in [2.45, 2.75) is 25.3 Å². The van der Waals surface area contributed by atoms with Crippen molar-refractivity contribution in [2.75, 3.05) is 13.2 Å². The molecule has 2 aromatic carbocycles. The van der Waals surface area contributed by atoms with Crippen LogP contribution in [0.15, 0.2) is 59.1 Å². The summed E-state index contributed by atoms with van der Waals surface area (Å²) in [5.41, 5.74) is 0.834. The molecule has 1 aliphatic rings. The second-order valence-corrected chi connectivity index (χ2v) is 7.04. The predicted molar refractivity (Wildman–Crippen MR) is 107 cm³/mol. The van der Waals surface area contributed by atoms with Crippen LogP contribution in [0.2, 0.25) is 0 Å². The summed E-state index contributed by atoms with van der Waals surface area (Å²) in [5, 5.41) is 13.0. The molecule has 1 amide bonds. The number of carboxylic acid groups (broad SMARTS) is 1. The van der Waals surface area contributed by atoms with Crippen molar-refractivity contribution in [2.24, 2.45) is 0 Å². The standard InChI is InChI=1S/C22H21N3O5/c26-19(14-29-17-6-2-1-3-7-17)25-13-5-4-8-18(25)21-23-20(24-30-21)15-9-11-16(12-10-15)22(27)28/h1-3,6-7,9-12,18H,4-5,8,13-14H2,(H,27,28)/t18-/m1/s1. The van der Waals surface area contributed by atoms with Gasteiger partial charge in [0.2, 0.25) is 11.7 Å². The molecule has 0 saturated carbocycles. The number of hydrogen-bond donors (Lipinski definition) is 1. The summed E-state index contributed by atoms with van der Waals surface area (Å²) < 4.78 is 11.1. The Morgan fingerprint density at radius 1 is 1.10 bits per heavy atom. The zero-order chi connectivity index (χ0) is 20.9. The first kappa shape index (κ1) is 19.6. The van der Waals surface area contributed by atoms with E-state index in [2.05, 4.69) is 10.1 Å². The quantitative estimate of drug-likeness (QED) is 0.666. The van der Waals surface area contributed by atoms with Crippen molar-refractivity contribution in [1.82, 2.24) is 15.0 Å². The number of carboxylic acids is 1. The number of amides is 1. The van der Waals surface area contributed by atoms with Crippen LogP contribution in [0.5, 0.6) is 5.75 Å². The molecule has 8 heteroatoms. The summed E-state index contributed by atoms with van der Waals surface area (Å²) in [5.74, 6) is 0.253. The van der Waals surface area contributed by atoms with E-state index < -0.39 is 5.97 Å². The highest BCUT2D eigenvalue weighted by Crippen LogP contribution is 2.31. The SMILES string of the molecule is O=C(O)c1ccc(-c2noc([C@H]3CCCCN3C(=O)COc3ccccc3)n2)cc1. The van der Waals surface area contributed by atoms with E-state index in [1.165, 1.54) is 12.1 Å². The summed E-state index contributed by atoms with van der Waals surface area (Å²) in [6.45, 7) is 0.546. The number of para-hydroxylation sites is 1. The Morgan fingerprint density at radius 3 is 2.60 bits per heavy atom. The Kier molecular flexibility index (Phi) is 5.74. The Balaban J connectivity index is 1.47. The smallest absolute Gasteiger partial charge is 0.335 e. The number of aromatic nitrogens is 2. The van der Waals surface area contributed by atoms with E-state index >= 15 is 0 Å². The summed E-state index contributed by atoms with van der Waals surface area (Å²) in [6.07, 6.45) is 2.60. The monoisotopic (exact) mass is 407 g/mol. The second-order valence-electron chi connectivity index (χ2n) is 7.04. The van der Waals surface area contributed by atoms with Gasteiger partial charge < -0.3 is 19.3 Å². The fourth-order valence-corrected chi connectivity index (χ4v) is 3.48. The van der Waals surface area contributed by atoms with Crippen molar-refractivity contribution < 1.29 is 24.0 Å². The number of benzene rings is 2. The minimum Gasteiger partial charge on any atom is -0.484 e. The number of aromatic carboxylic acids is 1. The fraction of sp³-hybridized carbons (Fsp3) is 0.273. The maximum Gasteiger partial charge on any atom is 0.335 e. The first-order valence-electron chi connectivity index (χ1n) is 9.76. The van der Waals surface area contributed by atoms with Gasteiger partial charge in [-0.2, -0.15) is 4.98 Å². The summed E-state index contributed by atoms with van der Waals surface area (Å²) in [6, 6.07) is 15.2. The maximum absolute atomic E-state index is 12.8. The highest BCUT2D eigenvalue weighted by atomic mass is 16.5. The molecule has 0 radical (unpaired) electrons. The zero-order valence-corrected chi connectivity index (χ0v) is 16.2. The summed E-state index contributed by atoms with van der Waals surface area (Å²) in [4.78, 5) is 30.0. The van der Waals surface area contributed by atoms with E-state index in [1.54, 1.807) is 29.2 Å². The average molecular weight is 407 g/mol. The van der Waals surface area contributed by atoms with Crippen LogP contribution < -0.4 is 4.74 Å². The fourth-order valence-electron chi connectivity index (χ4n) is 3.48. The third kappa shape index (κ3) is 4.32. The lowest BCUT2D eigenvalue weighted by Crippen LogP contribution is -2.41. The summed E-state index contributed by atoms with van der Waals surface area (Å²) >= 11 is 0. The van der Waals surface area contributed by atoms with Crippen LogP contribution in [0.4, 0.5) is 0 Å². The number of ether oxygens (including phenoxy) is 1. The van der Waals surface area contributed by atoms with Crippen molar-refractivity contribution in [1.29, 1.82) is 0 Å². The molecule has 2 heterocycles. The lowest BCUT2D eigenvalue weighted by molar-refractivity contribution is -0.138. The Hall–Kier alpha value is -3.68. The van der Waals surface area contributed by atoms with E-state index in [-0.39, 0.29) is 24.1 Å². The zero-order valence-electron chi connectivity index (χ0n) is 16.2. The van der Waals surface area contributed by atoms with E-state index in [9.17, 15) is 9.59 Å². The molecule has 1 fully saturated rings. The molecular weight excluding hydrogens is 386 g/mol. The lowest BCUT2D eigenvalue weighted by Gasteiger charge is -2.33. The van der Waals surface area contributed by atoms with Crippen LogP contribution in [0, 0.1) is 0 Å². The number of piperidine rings is 1. The van der Waals surface area contributed by atoms with E-state index in [4.69, 9.17) is 14.4 Å². The summed E-state index contributed by atoms with van der Waals surface area (Å²) in [7, 11) is 0. The minimum atomic E-state index is -0.996. The van der Waals surface area contributed by atoms with Crippen molar-refractivity contribution in [3.05, 3.63) is 66.1 Å². The molecule has 1 saturated heterocycles. The number of hydrogen-bond acceptors (Lipinski definition) is 6. The normalized spacial score (nSPS) is 16.3.